The summed E-state index contributed by atoms with van der Waals surface area (Å²) in [5.41, 5.74) is 1.91. The lowest BCUT2D eigenvalue weighted by Gasteiger charge is -2.28. The van der Waals surface area contributed by atoms with Crippen molar-refractivity contribution >= 4 is 17.3 Å². The van der Waals surface area contributed by atoms with Crippen LogP contribution in [0.1, 0.15) is 0 Å². The number of likely N-dealkylation sites (N-methyl/N-ethyl adjacent to an activating group) is 2. The number of ether oxygens (including phenoxy) is 1. The maximum absolute atomic E-state index is 12.8. The van der Waals surface area contributed by atoms with Gasteiger partial charge in [-0.25, -0.2) is 0 Å². The predicted octanol–water partition coefficient (Wildman–Crippen LogP) is 2.73. The Morgan fingerprint density at radius 3 is 2.08 bits per heavy atom. The van der Waals surface area contributed by atoms with Gasteiger partial charge in [0.15, 0.2) is 0 Å². The average molecular weight is 341 g/mol. The minimum Gasteiger partial charge on any atom is -0.497 e. The van der Waals surface area contributed by atoms with E-state index >= 15 is 0 Å². The Bertz CT molecular complexity index is 656. The Hall–Kier alpha value is -2.53. The molecule has 0 heterocycles. The molecule has 0 N–H and O–H groups in total. The van der Waals surface area contributed by atoms with E-state index < -0.39 is 0 Å². The highest BCUT2D eigenvalue weighted by Crippen LogP contribution is 2.19. The first-order valence-corrected chi connectivity index (χ1v) is 8.36. The van der Waals surface area contributed by atoms with Crippen LogP contribution in [-0.4, -0.2) is 58.7 Å². The molecule has 2 aromatic carbocycles. The van der Waals surface area contributed by atoms with Gasteiger partial charge in [-0.2, -0.15) is 0 Å². The van der Waals surface area contributed by atoms with Gasteiger partial charge in [0, 0.05) is 31.5 Å². The van der Waals surface area contributed by atoms with E-state index in [9.17, 15) is 4.79 Å². The van der Waals surface area contributed by atoms with E-state index in [1.54, 1.807) is 19.1 Å². The average Bonchev–Trinajstić information content (AvgIpc) is 2.65. The van der Waals surface area contributed by atoms with Crippen molar-refractivity contribution in [3.05, 3.63) is 54.6 Å². The van der Waals surface area contributed by atoms with Crippen molar-refractivity contribution in [2.24, 2.45) is 0 Å². The number of hydrogen-bond donors (Lipinski definition) is 0. The Morgan fingerprint density at radius 1 is 0.880 bits per heavy atom. The van der Waals surface area contributed by atoms with Gasteiger partial charge in [-0.15, -0.1) is 0 Å². The quantitative estimate of drug-likeness (QED) is 0.740. The molecule has 2 rings (SSSR count). The third kappa shape index (κ3) is 5.50. The van der Waals surface area contributed by atoms with Gasteiger partial charge in [-0.05, 0) is 50.5 Å². The van der Waals surface area contributed by atoms with Crippen molar-refractivity contribution in [3.8, 4) is 5.75 Å². The largest absolute Gasteiger partial charge is 0.497 e. The minimum atomic E-state index is 0.0489. The number of rotatable bonds is 8. The molecule has 0 saturated heterocycles. The second-order valence-electron chi connectivity index (χ2n) is 6.21. The Labute approximate surface area is 150 Å². The molecule has 5 heteroatoms. The molecule has 0 saturated carbocycles. The van der Waals surface area contributed by atoms with Crippen molar-refractivity contribution in [2.75, 3.05) is 57.7 Å². The van der Waals surface area contributed by atoms with Crippen LogP contribution in [0, 0.1) is 0 Å². The molecule has 5 nitrogen and oxygen atoms in total. The number of hydrogen-bond acceptors (Lipinski definition) is 4. The number of para-hydroxylation sites is 1. The van der Waals surface area contributed by atoms with Gasteiger partial charge in [0.05, 0.1) is 13.7 Å². The lowest BCUT2D eigenvalue weighted by Crippen LogP contribution is -2.41. The van der Waals surface area contributed by atoms with Crippen molar-refractivity contribution in [1.82, 2.24) is 4.90 Å². The summed E-state index contributed by atoms with van der Waals surface area (Å²) in [5.74, 6) is 0.828. The van der Waals surface area contributed by atoms with Gasteiger partial charge in [0.1, 0.15) is 5.75 Å². The molecular formula is C20H27N3O2. The summed E-state index contributed by atoms with van der Waals surface area (Å²) in [6, 6.07) is 17.6. The topological polar surface area (TPSA) is 36.0 Å². The van der Waals surface area contributed by atoms with Gasteiger partial charge in [0.2, 0.25) is 5.91 Å². The van der Waals surface area contributed by atoms with Crippen molar-refractivity contribution in [2.45, 2.75) is 0 Å². The van der Waals surface area contributed by atoms with Crippen LogP contribution in [-0.2, 0) is 4.79 Å². The third-order valence-electron chi connectivity index (χ3n) is 4.10. The first kappa shape index (κ1) is 18.8. The van der Waals surface area contributed by atoms with Crippen LogP contribution < -0.4 is 14.5 Å². The Balaban J connectivity index is 2.09. The second-order valence-corrected chi connectivity index (χ2v) is 6.21. The summed E-state index contributed by atoms with van der Waals surface area (Å²) >= 11 is 0. The number of nitrogens with zero attached hydrogens (tertiary/aromatic N) is 3. The van der Waals surface area contributed by atoms with E-state index in [2.05, 4.69) is 9.80 Å². The summed E-state index contributed by atoms with van der Waals surface area (Å²) in [6.45, 7) is 2.01. The van der Waals surface area contributed by atoms with Gasteiger partial charge in [-0.3, -0.25) is 4.79 Å². The summed E-state index contributed by atoms with van der Waals surface area (Å²) in [4.78, 5) is 18.7. The molecule has 0 aliphatic heterocycles. The van der Waals surface area contributed by atoms with Crippen molar-refractivity contribution in [3.63, 3.8) is 0 Å². The molecule has 0 atom stereocenters. The van der Waals surface area contributed by atoms with Gasteiger partial charge < -0.3 is 19.4 Å². The minimum absolute atomic E-state index is 0.0489. The molecule has 2 aromatic rings. The van der Waals surface area contributed by atoms with E-state index in [4.69, 9.17) is 4.74 Å². The second kappa shape index (κ2) is 9.08. The molecule has 0 spiro atoms. The standard InChI is InChI=1S/C20H27N3O2/c1-21(2)14-15-23(18-8-6-5-7-9-18)16-20(24)22(3)17-10-12-19(25-4)13-11-17/h5-13H,14-16H2,1-4H3. The first-order valence-electron chi connectivity index (χ1n) is 8.36. The zero-order chi connectivity index (χ0) is 18.2. The molecule has 0 bridgehead atoms. The lowest BCUT2D eigenvalue weighted by molar-refractivity contribution is -0.117. The molecule has 0 aromatic heterocycles. The Kier molecular flexibility index (Phi) is 6.83. The normalized spacial score (nSPS) is 10.6. The summed E-state index contributed by atoms with van der Waals surface area (Å²) in [6.07, 6.45) is 0. The Morgan fingerprint density at radius 2 is 1.52 bits per heavy atom. The lowest BCUT2D eigenvalue weighted by atomic mass is 10.2. The van der Waals surface area contributed by atoms with Crippen LogP contribution in [0.3, 0.4) is 0 Å². The number of carbonyl (C=O) groups is 1. The fraction of sp³-hybridized carbons (Fsp3) is 0.350. The zero-order valence-corrected chi connectivity index (χ0v) is 15.5. The van der Waals surface area contributed by atoms with Crippen molar-refractivity contribution in [1.29, 1.82) is 0 Å². The number of benzene rings is 2. The summed E-state index contributed by atoms with van der Waals surface area (Å²) < 4.78 is 5.17. The van der Waals surface area contributed by atoms with Gasteiger partial charge >= 0.3 is 0 Å². The number of anilines is 2. The van der Waals surface area contributed by atoms with Crippen LogP contribution in [0.2, 0.25) is 0 Å². The number of methoxy groups -OCH3 is 1. The molecule has 0 fully saturated rings. The highest BCUT2D eigenvalue weighted by Gasteiger charge is 2.16. The fourth-order valence-electron chi connectivity index (χ4n) is 2.48. The SMILES string of the molecule is COc1ccc(N(C)C(=O)CN(CCN(C)C)c2ccccc2)cc1. The van der Waals surface area contributed by atoms with E-state index in [-0.39, 0.29) is 5.91 Å². The molecular weight excluding hydrogens is 314 g/mol. The molecule has 0 aliphatic rings. The van der Waals surface area contributed by atoms with E-state index in [1.807, 2.05) is 68.7 Å². The monoisotopic (exact) mass is 341 g/mol. The predicted molar refractivity (Wildman–Crippen MR) is 104 cm³/mol. The fourth-order valence-corrected chi connectivity index (χ4v) is 2.48. The summed E-state index contributed by atoms with van der Waals surface area (Å²) in [7, 11) is 7.51. The van der Waals surface area contributed by atoms with E-state index in [1.165, 1.54) is 0 Å². The van der Waals surface area contributed by atoms with Crippen LogP contribution in [0.5, 0.6) is 5.75 Å². The number of amides is 1. The molecule has 1 amide bonds. The molecule has 25 heavy (non-hydrogen) atoms. The van der Waals surface area contributed by atoms with Gasteiger partial charge in [0.25, 0.3) is 0 Å². The number of carbonyl (C=O) groups excluding carboxylic acids is 1. The van der Waals surface area contributed by atoms with Crippen LogP contribution in [0.4, 0.5) is 11.4 Å². The molecule has 0 unspecified atom stereocenters. The van der Waals surface area contributed by atoms with Crippen LogP contribution >= 0.6 is 0 Å². The third-order valence-corrected chi connectivity index (χ3v) is 4.10. The van der Waals surface area contributed by atoms with Crippen molar-refractivity contribution < 1.29 is 9.53 Å². The van der Waals surface area contributed by atoms with Crippen LogP contribution in [0.25, 0.3) is 0 Å². The first-order chi connectivity index (χ1) is 12.0. The smallest absolute Gasteiger partial charge is 0.246 e. The molecule has 134 valence electrons. The van der Waals surface area contributed by atoms with E-state index in [0.29, 0.717) is 6.54 Å². The highest BCUT2D eigenvalue weighted by atomic mass is 16.5. The van der Waals surface area contributed by atoms with Crippen LogP contribution in [0.15, 0.2) is 54.6 Å². The van der Waals surface area contributed by atoms with E-state index in [0.717, 1.165) is 30.2 Å². The highest BCUT2D eigenvalue weighted by molar-refractivity contribution is 5.96. The molecule has 0 radical (unpaired) electrons. The maximum Gasteiger partial charge on any atom is 0.246 e. The van der Waals surface area contributed by atoms with Gasteiger partial charge in [-0.1, -0.05) is 18.2 Å². The maximum atomic E-state index is 12.8. The molecule has 0 aliphatic carbocycles. The summed E-state index contributed by atoms with van der Waals surface area (Å²) in [5, 5.41) is 0. The zero-order valence-electron chi connectivity index (χ0n) is 15.5.